The zero-order valence-electron chi connectivity index (χ0n) is 15.3. The molecule has 0 aliphatic carbocycles. The fraction of sp³-hybridized carbons (Fsp3) is 0. The van der Waals surface area contributed by atoms with Gasteiger partial charge in [0.05, 0.1) is 12.1 Å². The Hall–Kier alpha value is -4.21. The maximum absolute atomic E-state index is 14.2. The molecule has 0 spiro atoms. The first-order chi connectivity index (χ1) is 14.2. The summed E-state index contributed by atoms with van der Waals surface area (Å²) < 4.78 is 14.2. The lowest BCUT2D eigenvalue weighted by molar-refractivity contribution is 0.630. The summed E-state index contributed by atoms with van der Waals surface area (Å²) in [5.74, 6) is -0.761. The number of hydrogen-bond donors (Lipinski definition) is 0. The van der Waals surface area contributed by atoms with Crippen LogP contribution < -0.4 is 0 Å². The van der Waals surface area contributed by atoms with Gasteiger partial charge in [-0.2, -0.15) is 5.26 Å². The number of rotatable bonds is 1. The van der Waals surface area contributed by atoms with Gasteiger partial charge in [-0.05, 0) is 61.6 Å². The Morgan fingerprint density at radius 2 is 1.24 bits per heavy atom. The highest BCUT2D eigenvalue weighted by Gasteiger charge is 2.13. The van der Waals surface area contributed by atoms with Gasteiger partial charge in [0.25, 0.3) is 0 Å². The number of halogens is 1. The fourth-order valence-electron chi connectivity index (χ4n) is 4.03. The summed E-state index contributed by atoms with van der Waals surface area (Å²) >= 11 is 0. The van der Waals surface area contributed by atoms with Gasteiger partial charge in [-0.15, -0.1) is 0 Å². The van der Waals surface area contributed by atoms with E-state index in [0.717, 1.165) is 21.7 Å². The predicted octanol–water partition coefficient (Wildman–Crippen LogP) is 7.37. The van der Waals surface area contributed by atoms with Crippen molar-refractivity contribution in [2.24, 2.45) is 0 Å². The topological polar surface area (TPSA) is 28.1 Å². The molecule has 3 heteroatoms. The molecule has 134 valence electrons. The molecule has 29 heavy (non-hydrogen) atoms. The van der Waals surface area contributed by atoms with Crippen molar-refractivity contribution in [1.82, 2.24) is 0 Å². The highest BCUT2D eigenvalue weighted by Crippen LogP contribution is 2.38. The van der Waals surface area contributed by atoms with E-state index in [2.05, 4.69) is 41.2 Å². The van der Waals surface area contributed by atoms with Crippen LogP contribution in [-0.4, -0.2) is 0 Å². The third-order valence-corrected chi connectivity index (χ3v) is 5.37. The van der Waals surface area contributed by atoms with Crippen molar-refractivity contribution in [2.75, 3.05) is 0 Å². The number of nitrogens with zero attached hydrogens (tertiary/aromatic N) is 2. The third-order valence-electron chi connectivity index (χ3n) is 5.37. The molecule has 0 saturated carbocycles. The average Bonchev–Trinajstić information content (AvgIpc) is 2.79. The molecular weight excluding hydrogens is 359 g/mol. The van der Waals surface area contributed by atoms with E-state index in [4.69, 9.17) is 6.57 Å². The van der Waals surface area contributed by atoms with Crippen LogP contribution in [0.2, 0.25) is 0 Å². The van der Waals surface area contributed by atoms with Crippen molar-refractivity contribution in [3.8, 4) is 17.2 Å². The Morgan fingerprint density at radius 3 is 1.79 bits per heavy atom. The molecule has 0 radical (unpaired) electrons. The summed E-state index contributed by atoms with van der Waals surface area (Å²) in [6.07, 6.45) is 0. The number of hydrogen-bond acceptors (Lipinski definition) is 1. The minimum Gasteiger partial charge on any atom is -0.235 e. The third kappa shape index (κ3) is 2.53. The van der Waals surface area contributed by atoms with Gasteiger partial charge >= 0.3 is 0 Å². The Bertz CT molecular complexity index is 1460. The summed E-state index contributed by atoms with van der Waals surface area (Å²) in [7, 11) is 0. The van der Waals surface area contributed by atoms with Crippen LogP contribution in [0.15, 0.2) is 78.9 Å². The Morgan fingerprint density at radius 1 is 0.690 bits per heavy atom. The van der Waals surface area contributed by atoms with Crippen LogP contribution in [0.3, 0.4) is 0 Å². The summed E-state index contributed by atoms with van der Waals surface area (Å²) in [6, 6.07) is 27.6. The predicted molar refractivity (Wildman–Crippen MR) is 115 cm³/mol. The van der Waals surface area contributed by atoms with E-state index >= 15 is 0 Å². The fourth-order valence-corrected chi connectivity index (χ4v) is 4.03. The van der Waals surface area contributed by atoms with Gasteiger partial charge in [-0.1, -0.05) is 60.7 Å². The molecule has 0 N–H and O–H groups in total. The summed E-state index contributed by atoms with van der Waals surface area (Å²) in [5.41, 5.74) is 1.26. The molecule has 5 aromatic rings. The monoisotopic (exact) mass is 372 g/mol. The smallest absolute Gasteiger partial charge is 0.224 e. The highest BCUT2D eigenvalue weighted by atomic mass is 19.1. The first kappa shape index (κ1) is 16.9. The SMILES string of the molecule is [C-]#[N+]c1cc(-c2ccc3c4ccccc4c4ccccc4c3c2)cc(C#N)c1F. The molecule has 0 aliphatic rings. The Kier molecular flexibility index (Phi) is 3.76. The molecule has 0 heterocycles. The first-order valence-electron chi connectivity index (χ1n) is 9.16. The molecule has 0 unspecified atom stereocenters. The molecular formula is C26H13FN2. The van der Waals surface area contributed by atoms with Crippen LogP contribution in [0, 0.1) is 23.7 Å². The zero-order valence-corrected chi connectivity index (χ0v) is 15.3. The maximum atomic E-state index is 14.2. The molecule has 5 aromatic carbocycles. The minimum absolute atomic E-state index is 0.114. The van der Waals surface area contributed by atoms with Crippen molar-refractivity contribution >= 4 is 38.0 Å². The van der Waals surface area contributed by atoms with E-state index in [9.17, 15) is 9.65 Å². The molecule has 0 fully saturated rings. The normalized spacial score (nSPS) is 10.9. The summed E-state index contributed by atoms with van der Waals surface area (Å²) in [5, 5.41) is 16.2. The number of fused-ring (bicyclic) bond motifs is 6. The van der Waals surface area contributed by atoms with E-state index in [1.165, 1.54) is 28.3 Å². The molecule has 0 aromatic heterocycles. The second-order valence-corrected chi connectivity index (χ2v) is 6.93. The summed E-state index contributed by atoms with van der Waals surface area (Å²) in [6.45, 7) is 7.22. The highest BCUT2D eigenvalue weighted by molar-refractivity contribution is 6.25. The maximum Gasteiger partial charge on any atom is 0.224 e. The van der Waals surface area contributed by atoms with Gasteiger partial charge < -0.3 is 0 Å². The van der Waals surface area contributed by atoms with E-state index in [1.54, 1.807) is 0 Å². The van der Waals surface area contributed by atoms with E-state index in [-0.39, 0.29) is 11.3 Å². The van der Waals surface area contributed by atoms with Gasteiger partial charge in [-0.3, -0.25) is 0 Å². The second kappa shape index (κ2) is 6.44. The average molecular weight is 372 g/mol. The van der Waals surface area contributed by atoms with Crippen LogP contribution in [0.1, 0.15) is 5.56 Å². The standard InChI is InChI=1S/C26H13FN2/c1-29-25-14-17(12-18(15-28)26(25)27)16-10-11-23-21-8-3-2-6-19(21)20-7-4-5-9-22(20)24(23)13-16/h2-14H. The van der Waals surface area contributed by atoms with Crippen molar-refractivity contribution in [3.05, 3.63) is 102 Å². The van der Waals surface area contributed by atoms with Crippen LogP contribution in [0.5, 0.6) is 0 Å². The van der Waals surface area contributed by atoms with Gasteiger partial charge in [0.2, 0.25) is 5.69 Å². The first-order valence-corrected chi connectivity index (χ1v) is 9.16. The second-order valence-electron chi connectivity index (χ2n) is 6.93. The van der Waals surface area contributed by atoms with Crippen LogP contribution >= 0.6 is 0 Å². The van der Waals surface area contributed by atoms with Crippen LogP contribution in [0.25, 0.3) is 48.3 Å². The van der Waals surface area contributed by atoms with Crippen molar-refractivity contribution in [1.29, 1.82) is 5.26 Å². The van der Waals surface area contributed by atoms with Crippen LogP contribution in [-0.2, 0) is 0 Å². The Labute approximate surface area is 166 Å². The van der Waals surface area contributed by atoms with E-state index in [1.807, 2.05) is 36.4 Å². The molecule has 0 bridgehead atoms. The Balaban J connectivity index is 1.88. The molecule has 5 rings (SSSR count). The molecule has 0 amide bonds. The van der Waals surface area contributed by atoms with Crippen molar-refractivity contribution in [3.63, 3.8) is 0 Å². The minimum atomic E-state index is -0.761. The van der Waals surface area contributed by atoms with Gasteiger partial charge in [0.15, 0.2) is 0 Å². The van der Waals surface area contributed by atoms with E-state index < -0.39 is 5.82 Å². The van der Waals surface area contributed by atoms with Gasteiger partial charge in [0.1, 0.15) is 11.9 Å². The van der Waals surface area contributed by atoms with Gasteiger partial charge in [0, 0.05) is 0 Å². The zero-order chi connectivity index (χ0) is 20.0. The lowest BCUT2D eigenvalue weighted by Crippen LogP contribution is -1.88. The summed E-state index contributed by atoms with van der Waals surface area (Å²) in [4.78, 5) is 3.24. The number of benzene rings is 5. The molecule has 2 nitrogen and oxygen atoms in total. The quantitative estimate of drug-likeness (QED) is 0.223. The number of nitriles is 1. The lowest BCUT2D eigenvalue weighted by Gasteiger charge is -2.12. The van der Waals surface area contributed by atoms with Crippen molar-refractivity contribution < 1.29 is 4.39 Å². The molecule has 0 saturated heterocycles. The van der Waals surface area contributed by atoms with Crippen LogP contribution in [0.4, 0.5) is 10.1 Å². The van der Waals surface area contributed by atoms with E-state index in [0.29, 0.717) is 5.56 Å². The van der Waals surface area contributed by atoms with Gasteiger partial charge in [-0.25, -0.2) is 9.24 Å². The van der Waals surface area contributed by atoms with Crippen molar-refractivity contribution in [2.45, 2.75) is 0 Å². The molecule has 0 aliphatic heterocycles. The molecule has 0 atom stereocenters. The largest absolute Gasteiger partial charge is 0.235 e. The lowest BCUT2D eigenvalue weighted by atomic mass is 9.91.